The van der Waals surface area contributed by atoms with Crippen molar-refractivity contribution in [1.82, 2.24) is 4.90 Å². The van der Waals surface area contributed by atoms with Gasteiger partial charge in [0.25, 0.3) is 11.0 Å². The van der Waals surface area contributed by atoms with Gasteiger partial charge in [-0.15, -0.1) is 0 Å². The van der Waals surface area contributed by atoms with E-state index < -0.39 is 0 Å². The number of hydrogen-bond acceptors (Lipinski definition) is 5. The first-order chi connectivity index (χ1) is 21.0. The van der Waals surface area contributed by atoms with E-state index in [0.717, 1.165) is 65.9 Å². The molecule has 2 aromatic carbocycles. The van der Waals surface area contributed by atoms with Crippen molar-refractivity contribution >= 4 is 56.4 Å². The Labute approximate surface area is 266 Å². The number of nitrogens with zero attached hydrogens (tertiary/aromatic N) is 3. The molecule has 0 aliphatic rings. The summed E-state index contributed by atoms with van der Waals surface area (Å²) in [6.07, 6.45) is 14.4. The Balaban J connectivity index is 1.36. The highest BCUT2D eigenvalue weighted by atomic mass is 35.5. The van der Waals surface area contributed by atoms with Crippen molar-refractivity contribution in [1.29, 1.82) is 0 Å². The van der Waals surface area contributed by atoms with Crippen LogP contribution in [0, 0.1) is 0 Å². The Hall–Kier alpha value is -3.00. The predicted molar refractivity (Wildman–Crippen MR) is 179 cm³/mol. The molecule has 0 aliphatic heterocycles. The van der Waals surface area contributed by atoms with Crippen LogP contribution in [0.1, 0.15) is 58.3 Å². The molecular weight excluding hydrogens is 581 g/mol. The van der Waals surface area contributed by atoms with Crippen LogP contribution < -0.4 is 29.8 Å². The topological polar surface area (TPSA) is 53.5 Å². The van der Waals surface area contributed by atoms with Gasteiger partial charge >= 0.3 is 0 Å². The van der Waals surface area contributed by atoms with Crippen LogP contribution in [0.15, 0.2) is 60.9 Å². The van der Waals surface area contributed by atoms with Gasteiger partial charge in [0, 0.05) is 70.0 Å². The normalized spacial score (nSPS) is 11.4. The molecule has 9 heteroatoms. The van der Waals surface area contributed by atoms with Gasteiger partial charge in [-0.3, -0.25) is 14.6 Å². The Morgan fingerprint density at radius 3 is 1.56 bits per heavy atom. The molecule has 2 heterocycles. The van der Waals surface area contributed by atoms with Gasteiger partial charge in [0.1, 0.15) is 14.2 Å². The third-order valence-corrected chi connectivity index (χ3v) is 8.41. The molecular formula is C34H47Cl2N5O2+2. The summed E-state index contributed by atoms with van der Waals surface area (Å²) in [5.41, 5.74) is 4.02. The summed E-state index contributed by atoms with van der Waals surface area (Å²) in [5.74, 6) is 0. The average molecular weight is 629 g/mol. The van der Waals surface area contributed by atoms with Crippen molar-refractivity contribution < 1.29 is 19.1 Å². The van der Waals surface area contributed by atoms with Crippen molar-refractivity contribution in [2.24, 2.45) is 0 Å². The van der Waals surface area contributed by atoms with Crippen LogP contribution in [0.2, 0.25) is 10.0 Å². The van der Waals surface area contributed by atoms with E-state index in [4.69, 9.17) is 32.9 Å². The van der Waals surface area contributed by atoms with E-state index in [0.29, 0.717) is 10.0 Å². The molecule has 232 valence electrons. The highest BCUT2D eigenvalue weighted by Crippen LogP contribution is 2.24. The Bertz CT molecular complexity index is 1350. The number of nitrogens with one attached hydrogen (secondary N) is 2. The van der Waals surface area contributed by atoms with E-state index in [1.807, 2.05) is 48.8 Å². The van der Waals surface area contributed by atoms with E-state index in [2.05, 4.69) is 34.6 Å². The number of pyridine rings is 2. The van der Waals surface area contributed by atoms with E-state index in [1.54, 1.807) is 23.7 Å². The molecule has 4 rings (SSSR count). The minimum Gasteiger partial charge on any atom is -0.383 e. The number of anilines is 2. The summed E-state index contributed by atoms with van der Waals surface area (Å²) >= 11 is 12.6. The smallest absolute Gasteiger partial charge is 0.268 e. The molecule has 0 aliphatic carbocycles. The Morgan fingerprint density at radius 1 is 0.628 bits per heavy atom. The molecule has 0 unspecified atom stereocenters. The molecule has 2 N–H and O–H groups in total. The molecule has 0 amide bonds. The monoisotopic (exact) mass is 627 g/mol. The average Bonchev–Trinajstić information content (AvgIpc) is 3.01. The SMILES string of the molecule is CCCCCCCCCCN(CCNc1cc[n+](OC)c2cc(Cl)ccc12)CCNc1cc[n+](OC)c2cc(Cl)ccc12. The van der Waals surface area contributed by atoms with E-state index in [9.17, 15) is 0 Å². The van der Waals surface area contributed by atoms with Crippen molar-refractivity contribution in [2.75, 3.05) is 57.6 Å². The summed E-state index contributed by atoms with van der Waals surface area (Å²) < 4.78 is 3.48. The van der Waals surface area contributed by atoms with Crippen molar-refractivity contribution in [3.05, 3.63) is 71.0 Å². The van der Waals surface area contributed by atoms with Gasteiger partial charge in [-0.1, -0.05) is 75.1 Å². The molecule has 43 heavy (non-hydrogen) atoms. The molecule has 0 spiro atoms. The second-order valence-electron chi connectivity index (χ2n) is 11.0. The fraction of sp³-hybridized carbons (Fsp3) is 0.471. The van der Waals surface area contributed by atoms with E-state index >= 15 is 0 Å². The van der Waals surface area contributed by atoms with E-state index in [1.165, 1.54) is 51.4 Å². The highest BCUT2D eigenvalue weighted by Gasteiger charge is 2.16. The van der Waals surface area contributed by atoms with Crippen LogP contribution in [-0.2, 0) is 0 Å². The van der Waals surface area contributed by atoms with Gasteiger partial charge in [-0.25, -0.2) is 0 Å². The lowest BCUT2D eigenvalue weighted by Gasteiger charge is -2.23. The molecule has 7 nitrogen and oxygen atoms in total. The van der Waals surface area contributed by atoms with Crippen molar-refractivity contribution in [3.63, 3.8) is 0 Å². The lowest BCUT2D eigenvalue weighted by molar-refractivity contribution is -0.865. The van der Waals surface area contributed by atoms with Crippen molar-refractivity contribution in [3.8, 4) is 0 Å². The van der Waals surface area contributed by atoms with Crippen LogP contribution in [0.5, 0.6) is 0 Å². The maximum atomic E-state index is 6.28. The number of rotatable bonds is 19. The minimum atomic E-state index is 0.686. The zero-order valence-electron chi connectivity index (χ0n) is 25.9. The molecule has 0 bridgehead atoms. The quantitative estimate of drug-likeness (QED) is 0.0869. The zero-order valence-corrected chi connectivity index (χ0v) is 27.4. The van der Waals surface area contributed by atoms with Crippen molar-refractivity contribution in [2.45, 2.75) is 58.3 Å². The standard InChI is InChI=1S/C34H45Cl2N5O2/c1-4-5-6-7-8-9-10-11-20-39(23-18-37-31-16-21-40(42-2)33-25-27(35)12-14-29(31)33)24-19-38-32-17-22-41(43-3)34-26-28(36)13-15-30(32)34/h12-17,21-22,25-26H,4-11,18-20,23-24H2,1-3H3/p+2. The lowest BCUT2D eigenvalue weighted by Crippen LogP contribution is -2.41. The summed E-state index contributed by atoms with van der Waals surface area (Å²) in [4.78, 5) is 13.6. The molecule has 2 aromatic heterocycles. The summed E-state index contributed by atoms with van der Waals surface area (Å²) in [7, 11) is 3.32. The fourth-order valence-electron chi connectivity index (χ4n) is 5.58. The summed E-state index contributed by atoms with van der Waals surface area (Å²) in [6.45, 7) is 6.93. The molecule has 0 fully saturated rings. The number of benzene rings is 2. The van der Waals surface area contributed by atoms with Gasteiger partial charge in [0.15, 0.2) is 0 Å². The molecule has 4 aromatic rings. The fourth-order valence-corrected chi connectivity index (χ4v) is 5.92. The Kier molecular flexibility index (Phi) is 13.3. The third-order valence-electron chi connectivity index (χ3n) is 7.94. The summed E-state index contributed by atoms with van der Waals surface area (Å²) in [5, 5.41) is 10.9. The second-order valence-corrected chi connectivity index (χ2v) is 11.8. The van der Waals surface area contributed by atoms with Crippen LogP contribution >= 0.6 is 23.2 Å². The largest absolute Gasteiger partial charge is 0.383 e. The number of aromatic nitrogens is 2. The Morgan fingerprint density at radius 2 is 1.09 bits per heavy atom. The van der Waals surface area contributed by atoms with Crippen LogP contribution in [0.3, 0.4) is 0 Å². The first-order valence-corrected chi connectivity index (χ1v) is 16.4. The van der Waals surface area contributed by atoms with Crippen LogP contribution in [-0.4, -0.2) is 51.8 Å². The maximum Gasteiger partial charge on any atom is 0.268 e. The van der Waals surface area contributed by atoms with Gasteiger partial charge in [0.2, 0.25) is 12.4 Å². The van der Waals surface area contributed by atoms with E-state index in [-0.39, 0.29) is 0 Å². The number of halogens is 2. The third kappa shape index (κ3) is 9.49. The minimum absolute atomic E-state index is 0.686. The van der Waals surface area contributed by atoms with Gasteiger partial charge in [-0.05, 0) is 37.2 Å². The number of fused-ring (bicyclic) bond motifs is 2. The molecule has 0 atom stereocenters. The molecule has 0 saturated heterocycles. The lowest BCUT2D eigenvalue weighted by atomic mass is 10.1. The van der Waals surface area contributed by atoms with Gasteiger partial charge in [-0.2, -0.15) is 0 Å². The summed E-state index contributed by atoms with van der Waals surface area (Å²) in [6, 6.07) is 15.9. The van der Waals surface area contributed by atoms with Gasteiger partial charge < -0.3 is 10.6 Å². The first kappa shape index (κ1) is 32.9. The zero-order chi connectivity index (χ0) is 30.4. The highest BCUT2D eigenvalue weighted by molar-refractivity contribution is 6.31. The first-order valence-electron chi connectivity index (χ1n) is 15.6. The van der Waals surface area contributed by atoms with Gasteiger partial charge in [0.05, 0.1) is 22.1 Å². The number of hydrogen-bond donors (Lipinski definition) is 2. The van der Waals surface area contributed by atoms with Crippen LogP contribution in [0.25, 0.3) is 21.8 Å². The maximum absolute atomic E-state index is 6.28. The number of unbranched alkanes of at least 4 members (excludes halogenated alkanes) is 7. The van der Waals surface area contributed by atoms with Crippen LogP contribution in [0.4, 0.5) is 11.4 Å². The predicted octanol–water partition coefficient (Wildman–Crippen LogP) is 6.96. The second kappa shape index (κ2) is 17.3. The molecule has 0 radical (unpaired) electrons. The molecule has 0 saturated carbocycles.